The van der Waals surface area contributed by atoms with Crippen LogP contribution < -0.4 is 5.32 Å². The molecule has 1 aliphatic rings. The number of amides is 1. The minimum atomic E-state index is -0.0541. The number of hydrogen-bond acceptors (Lipinski definition) is 3. The van der Waals surface area contributed by atoms with Crippen molar-refractivity contribution < 1.29 is 4.79 Å². The normalized spacial score (nSPS) is 16.3. The highest BCUT2D eigenvalue weighted by Crippen LogP contribution is 2.21. The number of nitrogens with one attached hydrogen (secondary N) is 2. The zero-order valence-corrected chi connectivity index (χ0v) is 14.1. The topological polar surface area (TPSA) is 70.7 Å². The van der Waals surface area contributed by atoms with Crippen molar-refractivity contribution in [2.75, 3.05) is 0 Å². The minimum absolute atomic E-state index is 0.0541. The van der Waals surface area contributed by atoms with Gasteiger partial charge >= 0.3 is 0 Å². The highest BCUT2D eigenvalue weighted by Gasteiger charge is 2.22. The number of rotatable bonds is 3. The standard InChI is InChI=1S/C20H20N4O/c1-13-17(8-10-18(22-13)14-5-3-2-4-6-14)20(25)23-16-7-9-19-15(11-16)12-21-24-19/h2-6,8,10,12,16H,7,9,11H2,1H3,(H,21,24)(H,23,25)/t16-/m0/s1. The van der Waals surface area contributed by atoms with Gasteiger partial charge in [0.05, 0.1) is 23.1 Å². The number of fused-ring (bicyclic) bond motifs is 1. The number of H-pyrrole nitrogens is 1. The lowest BCUT2D eigenvalue weighted by molar-refractivity contribution is 0.0932. The van der Waals surface area contributed by atoms with Gasteiger partial charge in [0.2, 0.25) is 0 Å². The van der Waals surface area contributed by atoms with Crippen molar-refractivity contribution in [1.29, 1.82) is 0 Å². The second-order valence-electron chi connectivity index (χ2n) is 6.48. The molecule has 4 rings (SSSR count). The van der Waals surface area contributed by atoms with E-state index in [2.05, 4.69) is 20.5 Å². The molecule has 0 unspecified atom stereocenters. The maximum atomic E-state index is 12.7. The first-order valence-electron chi connectivity index (χ1n) is 8.56. The molecular formula is C20H20N4O. The molecule has 5 nitrogen and oxygen atoms in total. The van der Waals surface area contributed by atoms with Crippen LogP contribution in [0.25, 0.3) is 11.3 Å². The predicted molar refractivity (Wildman–Crippen MR) is 96.3 cm³/mol. The fraction of sp³-hybridized carbons (Fsp3) is 0.250. The molecule has 0 aliphatic heterocycles. The molecule has 1 aromatic carbocycles. The van der Waals surface area contributed by atoms with Crippen molar-refractivity contribution in [2.45, 2.75) is 32.2 Å². The Morgan fingerprint density at radius 2 is 2.04 bits per heavy atom. The van der Waals surface area contributed by atoms with E-state index in [1.54, 1.807) is 0 Å². The van der Waals surface area contributed by atoms with Crippen LogP contribution in [0.15, 0.2) is 48.7 Å². The fourth-order valence-electron chi connectivity index (χ4n) is 3.37. The molecule has 0 saturated heterocycles. The van der Waals surface area contributed by atoms with Crippen molar-refractivity contribution >= 4 is 5.91 Å². The molecule has 0 spiro atoms. The van der Waals surface area contributed by atoms with Crippen LogP contribution in [-0.4, -0.2) is 27.1 Å². The summed E-state index contributed by atoms with van der Waals surface area (Å²) in [7, 11) is 0. The highest BCUT2D eigenvalue weighted by atomic mass is 16.1. The van der Waals surface area contributed by atoms with Gasteiger partial charge in [-0.05, 0) is 43.9 Å². The van der Waals surface area contributed by atoms with Crippen LogP contribution in [0.2, 0.25) is 0 Å². The fourth-order valence-corrected chi connectivity index (χ4v) is 3.37. The van der Waals surface area contributed by atoms with Crippen LogP contribution in [0, 0.1) is 6.92 Å². The van der Waals surface area contributed by atoms with Crippen molar-refractivity contribution in [1.82, 2.24) is 20.5 Å². The van der Waals surface area contributed by atoms with E-state index in [1.807, 2.05) is 55.6 Å². The third-order valence-electron chi connectivity index (χ3n) is 4.75. The summed E-state index contributed by atoms with van der Waals surface area (Å²) in [6.45, 7) is 1.89. The van der Waals surface area contributed by atoms with E-state index in [-0.39, 0.29) is 11.9 Å². The van der Waals surface area contributed by atoms with E-state index in [4.69, 9.17) is 0 Å². The number of pyridine rings is 1. The van der Waals surface area contributed by atoms with E-state index >= 15 is 0 Å². The van der Waals surface area contributed by atoms with Crippen LogP contribution in [0.4, 0.5) is 0 Å². The van der Waals surface area contributed by atoms with E-state index < -0.39 is 0 Å². The van der Waals surface area contributed by atoms with Gasteiger partial charge in [-0.15, -0.1) is 0 Å². The Bertz CT molecular complexity index is 901. The predicted octanol–water partition coefficient (Wildman–Crippen LogP) is 3.07. The summed E-state index contributed by atoms with van der Waals surface area (Å²) in [6, 6.07) is 13.9. The number of aromatic nitrogens is 3. The monoisotopic (exact) mass is 332 g/mol. The first-order valence-corrected chi connectivity index (χ1v) is 8.56. The molecule has 1 atom stereocenters. The van der Waals surface area contributed by atoms with Crippen molar-refractivity contribution in [3.05, 3.63) is 71.2 Å². The van der Waals surface area contributed by atoms with Crippen LogP contribution >= 0.6 is 0 Å². The number of aryl methyl sites for hydroxylation is 2. The molecule has 126 valence electrons. The Balaban J connectivity index is 1.49. The molecule has 0 radical (unpaired) electrons. The van der Waals surface area contributed by atoms with Crippen LogP contribution in [0.1, 0.15) is 33.7 Å². The van der Waals surface area contributed by atoms with E-state index in [1.165, 1.54) is 11.3 Å². The van der Waals surface area contributed by atoms with Crippen molar-refractivity contribution in [2.24, 2.45) is 0 Å². The second kappa shape index (κ2) is 6.51. The summed E-state index contributed by atoms with van der Waals surface area (Å²) in [5, 5.41) is 10.2. The summed E-state index contributed by atoms with van der Waals surface area (Å²) in [5.41, 5.74) is 5.71. The van der Waals surface area contributed by atoms with Gasteiger partial charge < -0.3 is 5.32 Å². The molecule has 25 heavy (non-hydrogen) atoms. The number of benzene rings is 1. The lowest BCUT2D eigenvalue weighted by Gasteiger charge is -2.23. The largest absolute Gasteiger partial charge is 0.349 e. The number of aromatic amines is 1. The van der Waals surface area contributed by atoms with E-state index in [9.17, 15) is 4.79 Å². The van der Waals surface area contributed by atoms with E-state index in [0.29, 0.717) is 5.56 Å². The maximum Gasteiger partial charge on any atom is 0.253 e. The molecule has 1 aliphatic carbocycles. The summed E-state index contributed by atoms with van der Waals surface area (Å²) < 4.78 is 0. The third kappa shape index (κ3) is 3.18. The van der Waals surface area contributed by atoms with Gasteiger partial charge in [-0.3, -0.25) is 14.9 Å². The molecule has 2 heterocycles. The first-order chi connectivity index (χ1) is 12.2. The Morgan fingerprint density at radius 1 is 1.20 bits per heavy atom. The summed E-state index contributed by atoms with van der Waals surface area (Å²) in [5.74, 6) is -0.0541. The first kappa shape index (κ1) is 15.6. The summed E-state index contributed by atoms with van der Waals surface area (Å²) in [6.07, 6.45) is 4.53. The van der Waals surface area contributed by atoms with Crippen molar-refractivity contribution in [3.63, 3.8) is 0 Å². The molecule has 0 saturated carbocycles. The Hall–Kier alpha value is -2.95. The maximum absolute atomic E-state index is 12.7. The van der Waals surface area contributed by atoms with E-state index in [0.717, 1.165) is 36.2 Å². The van der Waals surface area contributed by atoms with Gasteiger partial charge in [-0.1, -0.05) is 30.3 Å². The molecule has 5 heteroatoms. The zero-order valence-electron chi connectivity index (χ0n) is 14.1. The molecular weight excluding hydrogens is 312 g/mol. The molecule has 2 aromatic heterocycles. The number of nitrogens with zero attached hydrogens (tertiary/aromatic N) is 2. The van der Waals surface area contributed by atoms with Gasteiger partial charge in [0.25, 0.3) is 5.91 Å². The smallest absolute Gasteiger partial charge is 0.253 e. The van der Waals surface area contributed by atoms with Crippen LogP contribution in [-0.2, 0) is 12.8 Å². The van der Waals surface area contributed by atoms with Gasteiger partial charge in [-0.2, -0.15) is 5.10 Å². The quantitative estimate of drug-likeness (QED) is 0.774. The van der Waals surface area contributed by atoms with Crippen LogP contribution in [0.3, 0.4) is 0 Å². The van der Waals surface area contributed by atoms with Gasteiger partial charge in [0, 0.05) is 17.3 Å². The number of carbonyl (C=O) groups excluding carboxylic acids is 1. The average molecular weight is 332 g/mol. The average Bonchev–Trinajstić information content (AvgIpc) is 3.10. The Morgan fingerprint density at radius 3 is 2.84 bits per heavy atom. The molecule has 0 fully saturated rings. The minimum Gasteiger partial charge on any atom is -0.349 e. The van der Waals surface area contributed by atoms with Crippen LogP contribution in [0.5, 0.6) is 0 Å². The lowest BCUT2D eigenvalue weighted by atomic mass is 9.93. The zero-order chi connectivity index (χ0) is 17.2. The lowest BCUT2D eigenvalue weighted by Crippen LogP contribution is -2.39. The third-order valence-corrected chi connectivity index (χ3v) is 4.75. The van der Waals surface area contributed by atoms with Gasteiger partial charge in [0.1, 0.15) is 0 Å². The summed E-state index contributed by atoms with van der Waals surface area (Å²) in [4.78, 5) is 17.3. The Kier molecular flexibility index (Phi) is 4.06. The van der Waals surface area contributed by atoms with Gasteiger partial charge in [-0.25, -0.2) is 0 Å². The van der Waals surface area contributed by atoms with Gasteiger partial charge in [0.15, 0.2) is 0 Å². The second-order valence-corrected chi connectivity index (χ2v) is 6.48. The summed E-state index contributed by atoms with van der Waals surface area (Å²) >= 11 is 0. The number of hydrogen-bond donors (Lipinski definition) is 2. The molecule has 3 aromatic rings. The molecule has 2 N–H and O–H groups in total. The number of carbonyl (C=O) groups is 1. The Labute approximate surface area is 146 Å². The SMILES string of the molecule is Cc1nc(-c2ccccc2)ccc1C(=O)N[C@H]1CCc2[nH]ncc2C1. The highest BCUT2D eigenvalue weighted by molar-refractivity contribution is 5.95. The van der Waals surface area contributed by atoms with Crippen molar-refractivity contribution in [3.8, 4) is 11.3 Å². The molecule has 0 bridgehead atoms. The molecule has 1 amide bonds.